The van der Waals surface area contributed by atoms with E-state index in [1.54, 1.807) is 12.1 Å². The van der Waals surface area contributed by atoms with E-state index in [0.29, 0.717) is 0 Å². The highest BCUT2D eigenvalue weighted by molar-refractivity contribution is 7.84. The molecule has 0 saturated heterocycles. The van der Waals surface area contributed by atoms with E-state index in [0.717, 1.165) is 93.4 Å². The molecule has 0 atom stereocenters. The van der Waals surface area contributed by atoms with Gasteiger partial charge in [0, 0.05) is 32.8 Å². The number of hydrogen-bond acceptors (Lipinski definition) is 1. The summed E-state index contributed by atoms with van der Waals surface area (Å²) in [5.41, 5.74) is -1.70. The molecule has 5 rings (SSSR count). The van der Waals surface area contributed by atoms with Gasteiger partial charge in [0.2, 0.25) is 0 Å². The van der Waals surface area contributed by atoms with Crippen molar-refractivity contribution in [1.82, 2.24) is 4.44 Å². The van der Waals surface area contributed by atoms with E-state index in [1.807, 2.05) is 0 Å². The normalized spacial score (nSPS) is 14.5. The predicted molar refractivity (Wildman–Crippen MR) is 286 cm³/mol. The van der Waals surface area contributed by atoms with Crippen LogP contribution in [0.5, 0.6) is 0 Å². The molecule has 370 valence electrons. The average molecular weight is 1000 g/mol. The molecule has 0 unspecified atom stereocenters. The van der Waals surface area contributed by atoms with Crippen molar-refractivity contribution < 1.29 is 26.3 Å². The third-order valence-electron chi connectivity index (χ3n) is 14.7. The van der Waals surface area contributed by atoms with Gasteiger partial charge in [-0.2, -0.15) is 26.3 Å². The van der Waals surface area contributed by atoms with Crippen LogP contribution in [0.15, 0.2) is 97.1 Å². The van der Waals surface area contributed by atoms with Gasteiger partial charge in [0.15, 0.2) is 0 Å². The van der Waals surface area contributed by atoms with Crippen LogP contribution in [-0.2, 0) is 12.4 Å². The summed E-state index contributed by atoms with van der Waals surface area (Å²) in [4.78, 5) is 0. The maximum Gasteiger partial charge on any atom is 0.417 e. The Kier molecular flexibility index (Phi) is 22.2. The fourth-order valence-electron chi connectivity index (χ4n) is 10.9. The van der Waals surface area contributed by atoms with Gasteiger partial charge in [-0.25, -0.2) is 4.44 Å². The quantitative estimate of drug-likeness (QED) is 0.0327. The van der Waals surface area contributed by atoms with E-state index < -0.39 is 55.8 Å². The van der Waals surface area contributed by atoms with Crippen molar-refractivity contribution in [2.24, 2.45) is 0 Å². The topological polar surface area (TPSA) is 3.24 Å². The van der Waals surface area contributed by atoms with Crippen molar-refractivity contribution in [2.45, 2.75) is 205 Å². The highest BCUT2D eigenvalue weighted by atomic mass is 31.2. The van der Waals surface area contributed by atoms with Crippen molar-refractivity contribution in [3.63, 3.8) is 0 Å². The first-order valence-electron chi connectivity index (χ1n) is 26.2. The van der Waals surface area contributed by atoms with Crippen LogP contribution < -0.4 is 31.6 Å². The van der Waals surface area contributed by atoms with E-state index in [2.05, 4.69) is 94.5 Å². The second kappa shape index (κ2) is 26.8. The Labute approximate surface area is 406 Å². The van der Waals surface area contributed by atoms with Crippen LogP contribution in [0.25, 0.3) is 0 Å². The number of hydrogen-bond donors (Lipinski definition) is 0. The molecule has 0 amide bonds. The second-order valence-electron chi connectivity index (χ2n) is 19.5. The van der Waals surface area contributed by atoms with Crippen LogP contribution in [0.2, 0.25) is 36.3 Å². The number of halogens is 6. The molecule has 1 aliphatic carbocycles. The molecule has 1 fully saturated rings. The molecule has 0 N–H and O–H groups in total. The Morgan fingerprint density at radius 1 is 0.433 bits per heavy atom. The van der Waals surface area contributed by atoms with Crippen molar-refractivity contribution >= 4 is 63.9 Å². The lowest BCUT2D eigenvalue weighted by Gasteiger charge is -2.46. The van der Waals surface area contributed by atoms with Crippen molar-refractivity contribution in [1.29, 1.82) is 0 Å². The molecule has 11 heteroatoms. The Hall–Kier alpha value is -2.29. The summed E-state index contributed by atoms with van der Waals surface area (Å²) in [6.45, 7) is 13.6. The predicted octanol–water partition coefficient (Wildman–Crippen LogP) is 16.9. The lowest BCUT2D eigenvalue weighted by Crippen LogP contribution is -2.48. The minimum absolute atomic E-state index is 0.0525. The van der Waals surface area contributed by atoms with Crippen molar-refractivity contribution in [3.8, 4) is 0 Å². The van der Waals surface area contributed by atoms with Crippen LogP contribution in [-0.4, -0.2) is 26.6 Å². The molecule has 0 heterocycles. The first-order chi connectivity index (χ1) is 32.2. The zero-order chi connectivity index (χ0) is 48.5. The van der Waals surface area contributed by atoms with E-state index in [1.165, 1.54) is 109 Å². The summed E-state index contributed by atoms with van der Waals surface area (Å²) >= 11 is 0. The first kappa shape index (κ1) is 55.6. The van der Waals surface area contributed by atoms with Crippen LogP contribution in [0.3, 0.4) is 0 Å². The van der Waals surface area contributed by atoms with Gasteiger partial charge in [-0.3, -0.25) is 0 Å². The zero-order valence-corrected chi connectivity index (χ0v) is 45.5. The van der Waals surface area contributed by atoms with Crippen LogP contribution in [0, 0.1) is 0 Å². The molecule has 0 bridgehead atoms. The van der Waals surface area contributed by atoms with Gasteiger partial charge in [0.25, 0.3) is 0 Å². The van der Waals surface area contributed by atoms with Gasteiger partial charge in [0.05, 0.1) is 27.3 Å². The Bertz CT molecular complexity index is 1860. The minimum atomic E-state index is -4.76. The van der Waals surface area contributed by atoms with Gasteiger partial charge in [-0.1, -0.05) is 269 Å². The summed E-state index contributed by atoms with van der Waals surface area (Å²) in [6, 6.07) is 36.7. The minimum Gasteiger partial charge on any atom is -0.242 e. The molecule has 67 heavy (non-hydrogen) atoms. The van der Waals surface area contributed by atoms with E-state index in [9.17, 15) is 0 Å². The second-order valence-corrected chi connectivity index (χ2v) is 33.2. The lowest BCUT2D eigenvalue weighted by molar-refractivity contribution is -0.137. The Morgan fingerprint density at radius 2 is 0.746 bits per heavy atom. The molecule has 1 nitrogen and oxygen atoms in total. The van der Waals surface area contributed by atoms with Crippen LogP contribution in [0.4, 0.5) is 26.3 Å². The number of alkyl halides is 6. The average Bonchev–Trinajstić information content (AvgIpc) is 3.34. The fourth-order valence-corrected chi connectivity index (χ4v) is 28.7. The van der Waals surface area contributed by atoms with Gasteiger partial charge < -0.3 is 0 Å². The summed E-state index contributed by atoms with van der Waals surface area (Å²) in [5.74, 6) is 0. The van der Waals surface area contributed by atoms with Crippen molar-refractivity contribution in [2.75, 3.05) is 0 Å². The third kappa shape index (κ3) is 14.4. The van der Waals surface area contributed by atoms with Crippen LogP contribution in [0.1, 0.15) is 162 Å². The smallest absolute Gasteiger partial charge is 0.242 e. The highest BCUT2D eigenvalue weighted by Crippen LogP contribution is 2.60. The third-order valence-corrected chi connectivity index (χ3v) is 31.5. The number of rotatable bonds is 27. The molecule has 4 aromatic rings. The number of unbranched alkanes of at least 4 members (excludes halogenated alkanes) is 6. The molecular weight excluding hydrogens is 919 g/mol. The van der Waals surface area contributed by atoms with E-state index in [-0.39, 0.29) is 16.7 Å². The van der Waals surface area contributed by atoms with Crippen LogP contribution >= 0.6 is 16.1 Å². The highest BCUT2D eigenvalue weighted by Gasteiger charge is 2.46. The molecule has 4 aromatic carbocycles. The number of nitrogens with zero attached hydrogens (tertiary/aromatic N) is 1. The summed E-state index contributed by atoms with van der Waals surface area (Å²) in [5, 5.41) is 4.81. The molecular formula is C56H81F6NP2Si2. The molecule has 0 radical (unpaired) electrons. The van der Waals surface area contributed by atoms with E-state index in [4.69, 9.17) is 0 Å². The lowest BCUT2D eigenvalue weighted by atomic mass is 9.96. The fraction of sp³-hybridized carbons (Fsp3) is 0.571. The molecule has 1 saturated carbocycles. The number of benzene rings is 4. The summed E-state index contributed by atoms with van der Waals surface area (Å²) < 4.78 is 94.9. The van der Waals surface area contributed by atoms with Gasteiger partial charge >= 0.3 is 12.4 Å². The monoisotopic (exact) mass is 1000 g/mol. The van der Waals surface area contributed by atoms with E-state index >= 15 is 26.3 Å². The molecule has 0 aliphatic heterocycles. The summed E-state index contributed by atoms with van der Waals surface area (Å²) in [6.07, 6.45) is 8.69. The Morgan fingerprint density at radius 3 is 1.04 bits per heavy atom. The maximum atomic E-state index is 15.4. The largest absolute Gasteiger partial charge is 0.417 e. The molecule has 0 aromatic heterocycles. The molecule has 1 aliphatic rings. The van der Waals surface area contributed by atoms with Crippen molar-refractivity contribution in [3.05, 3.63) is 108 Å². The SMILES string of the molecule is CCCC[Si](CCCC)(CCCC)c1ccc(P(c2ccc([Si](CCCC)(CCCC)CCCC)cc2)N(C2CCCCC2)P(c2ccccc2C(F)(F)F)c2ccccc2C(F)(F)F)cc1. The summed E-state index contributed by atoms with van der Waals surface area (Å²) in [7, 11) is -7.84. The first-order valence-corrected chi connectivity index (χ1v) is 34.0. The van der Waals surface area contributed by atoms with Gasteiger partial charge in [-0.05, 0) is 35.6 Å². The van der Waals surface area contributed by atoms with Gasteiger partial charge in [-0.15, -0.1) is 0 Å². The van der Waals surface area contributed by atoms with Gasteiger partial charge in [0.1, 0.15) is 0 Å². The molecule has 0 spiro atoms. The Balaban J connectivity index is 1.87. The standard InChI is InChI=1S/C56H81F6NP2Si2/c1-7-13-40-66(41-14-8-2,42-15-9-3)49-36-32-47(33-37-49)64(48-34-38-50(39-35-48)67(43-16-10-4,44-17-11-5)45-18-12-6)63(46-26-20-19-21-27-46)65(53-30-24-22-28-51(53)55(57,58)59)54-31-25-23-29-52(54)56(60,61)62/h22-25,28-39,46H,7-21,26-27,40-45H2,1-6H3. The maximum absolute atomic E-state index is 15.4. The zero-order valence-electron chi connectivity index (χ0n) is 41.7.